The normalized spacial score (nSPS) is 10.5. The molecule has 20 heavy (non-hydrogen) atoms. The molecule has 2 rings (SSSR count). The molecule has 0 saturated heterocycles. The van der Waals surface area contributed by atoms with Gasteiger partial charge in [-0.05, 0) is 49.9 Å². The van der Waals surface area contributed by atoms with Crippen LogP contribution in [0, 0.1) is 13.8 Å². The number of nitrogens with zero attached hydrogens (tertiary/aromatic N) is 2. The zero-order chi connectivity index (χ0) is 14.4. The molecule has 2 N–H and O–H groups in total. The maximum atomic E-state index is 11.8. The first-order valence-electron chi connectivity index (χ1n) is 6.83. The summed E-state index contributed by atoms with van der Waals surface area (Å²) in [5, 5.41) is 10.1. The van der Waals surface area contributed by atoms with Crippen molar-refractivity contribution < 1.29 is 4.79 Å². The number of carbonyl (C=O) groups is 1. The molecule has 0 fully saturated rings. The lowest BCUT2D eigenvalue weighted by atomic mass is 10.1. The van der Waals surface area contributed by atoms with Crippen LogP contribution in [0.1, 0.15) is 28.9 Å². The minimum Gasteiger partial charge on any atom is -0.356 e. The number of carbonyl (C=O) groups excluding carboxylic acids is 1. The fourth-order valence-electron chi connectivity index (χ4n) is 2.18. The fraction of sp³-hybridized carbons (Fsp3) is 0.400. The van der Waals surface area contributed by atoms with Gasteiger partial charge in [-0.15, -0.1) is 0 Å². The van der Waals surface area contributed by atoms with Crippen LogP contribution < -0.4 is 5.32 Å². The maximum absolute atomic E-state index is 11.8. The van der Waals surface area contributed by atoms with E-state index < -0.39 is 0 Å². The van der Waals surface area contributed by atoms with Gasteiger partial charge in [0.15, 0.2) is 0 Å². The molecular formula is C15H20N4O. The average molecular weight is 272 g/mol. The second-order valence-corrected chi connectivity index (χ2v) is 4.90. The van der Waals surface area contributed by atoms with Gasteiger partial charge in [0.1, 0.15) is 0 Å². The number of aromatic amines is 1. The Hall–Kier alpha value is -2.17. The van der Waals surface area contributed by atoms with Gasteiger partial charge in [-0.3, -0.25) is 14.9 Å². The Kier molecular flexibility index (Phi) is 4.87. The summed E-state index contributed by atoms with van der Waals surface area (Å²) >= 11 is 0. The second-order valence-electron chi connectivity index (χ2n) is 4.90. The number of pyridine rings is 1. The van der Waals surface area contributed by atoms with Gasteiger partial charge in [-0.1, -0.05) is 0 Å². The van der Waals surface area contributed by atoms with Crippen LogP contribution in [0.2, 0.25) is 0 Å². The minimum absolute atomic E-state index is 0.0526. The van der Waals surface area contributed by atoms with Crippen LogP contribution in [0.3, 0.4) is 0 Å². The van der Waals surface area contributed by atoms with Crippen LogP contribution in [-0.4, -0.2) is 27.6 Å². The van der Waals surface area contributed by atoms with Crippen LogP contribution in [0.15, 0.2) is 24.5 Å². The lowest BCUT2D eigenvalue weighted by molar-refractivity contribution is -0.120. The molecular weight excluding hydrogens is 252 g/mol. The first-order valence-corrected chi connectivity index (χ1v) is 6.83. The van der Waals surface area contributed by atoms with Gasteiger partial charge in [0.2, 0.25) is 5.91 Å². The van der Waals surface area contributed by atoms with Gasteiger partial charge in [0.05, 0.1) is 12.1 Å². The van der Waals surface area contributed by atoms with E-state index in [1.165, 1.54) is 5.56 Å². The molecule has 2 heterocycles. The quantitative estimate of drug-likeness (QED) is 0.786. The van der Waals surface area contributed by atoms with E-state index >= 15 is 0 Å². The molecule has 2 aromatic heterocycles. The van der Waals surface area contributed by atoms with E-state index in [0.717, 1.165) is 29.8 Å². The third-order valence-electron chi connectivity index (χ3n) is 3.32. The highest BCUT2D eigenvalue weighted by Gasteiger charge is 2.06. The summed E-state index contributed by atoms with van der Waals surface area (Å²) in [6.07, 6.45) is 5.67. The third-order valence-corrected chi connectivity index (χ3v) is 3.32. The van der Waals surface area contributed by atoms with E-state index in [4.69, 9.17) is 0 Å². The van der Waals surface area contributed by atoms with Crippen LogP contribution in [0.4, 0.5) is 0 Å². The molecule has 0 unspecified atom stereocenters. The maximum Gasteiger partial charge on any atom is 0.224 e. The Balaban J connectivity index is 1.70. The molecule has 0 aliphatic rings. The first-order chi connectivity index (χ1) is 9.66. The van der Waals surface area contributed by atoms with Gasteiger partial charge < -0.3 is 5.32 Å². The van der Waals surface area contributed by atoms with Crippen LogP contribution in [0.5, 0.6) is 0 Å². The molecule has 5 heteroatoms. The van der Waals surface area contributed by atoms with Crippen molar-refractivity contribution in [3.63, 3.8) is 0 Å². The van der Waals surface area contributed by atoms with Gasteiger partial charge in [-0.2, -0.15) is 5.10 Å². The molecule has 0 bridgehead atoms. The Morgan fingerprint density at radius 1 is 1.30 bits per heavy atom. The van der Waals surface area contributed by atoms with Crippen molar-refractivity contribution in [1.29, 1.82) is 0 Å². The number of hydrogen-bond acceptors (Lipinski definition) is 3. The second kappa shape index (κ2) is 6.84. The van der Waals surface area contributed by atoms with E-state index in [-0.39, 0.29) is 5.91 Å². The Bertz CT molecular complexity index is 543. The van der Waals surface area contributed by atoms with Crippen LogP contribution in [0.25, 0.3) is 0 Å². The number of H-pyrrole nitrogens is 1. The lowest BCUT2D eigenvalue weighted by Crippen LogP contribution is -2.26. The molecule has 0 radical (unpaired) electrons. The number of rotatable bonds is 6. The molecule has 0 aromatic carbocycles. The highest BCUT2D eigenvalue weighted by molar-refractivity contribution is 5.78. The molecule has 0 aliphatic heterocycles. The molecule has 0 spiro atoms. The summed E-state index contributed by atoms with van der Waals surface area (Å²) in [5.41, 5.74) is 4.41. The topological polar surface area (TPSA) is 70.7 Å². The van der Waals surface area contributed by atoms with Gasteiger partial charge in [-0.25, -0.2) is 0 Å². The fourth-order valence-corrected chi connectivity index (χ4v) is 2.18. The van der Waals surface area contributed by atoms with E-state index in [0.29, 0.717) is 13.0 Å². The van der Waals surface area contributed by atoms with Crippen molar-refractivity contribution in [2.24, 2.45) is 0 Å². The van der Waals surface area contributed by atoms with E-state index in [1.54, 1.807) is 12.4 Å². The number of hydrogen-bond donors (Lipinski definition) is 2. The summed E-state index contributed by atoms with van der Waals surface area (Å²) in [7, 11) is 0. The largest absolute Gasteiger partial charge is 0.356 e. The smallest absolute Gasteiger partial charge is 0.224 e. The van der Waals surface area contributed by atoms with Gasteiger partial charge in [0.25, 0.3) is 0 Å². The van der Waals surface area contributed by atoms with E-state index in [1.807, 2.05) is 26.0 Å². The zero-order valence-corrected chi connectivity index (χ0v) is 11.9. The van der Waals surface area contributed by atoms with E-state index in [2.05, 4.69) is 20.5 Å². The predicted octanol–water partition coefficient (Wildman–Crippen LogP) is 1.71. The molecule has 1 amide bonds. The molecule has 0 atom stereocenters. The van der Waals surface area contributed by atoms with Crippen molar-refractivity contribution in [1.82, 2.24) is 20.5 Å². The van der Waals surface area contributed by atoms with Crippen molar-refractivity contribution >= 4 is 5.91 Å². The van der Waals surface area contributed by atoms with Gasteiger partial charge >= 0.3 is 0 Å². The highest BCUT2D eigenvalue weighted by Crippen LogP contribution is 2.11. The van der Waals surface area contributed by atoms with E-state index in [9.17, 15) is 4.79 Å². The van der Waals surface area contributed by atoms with Crippen LogP contribution >= 0.6 is 0 Å². The lowest BCUT2D eigenvalue weighted by Gasteiger charge is -2.05. The zero-order valence-electron chi connectivity index (χ0n) is 11.9. The summed E-state index contributed by atoms with van der Waals surface area (Å²) in [6.45, 7) is 4.71. The summed E-state index contributed by atoms with van der Waals surface area (Å²) < 4.78 is 0. The Morgan fingerprint density at radius 3 is 2.70 bits per heavy atom. The Labute approximate surface area is 118 Å². The molecule has 2 aromatic rings. The average Bonchev–Trinajstić information content (AvgIpc) is 2.76. The molecule has 0 aliphatic carbocycles. The van der Waals surface area contributed by atoms with Crippen molar-refractivity contribution in [3.05, 3.63) is 47.0 Å². The van der Waals surface area contributed by atoms with Crippen molar-refractivity contribution in [2.45, 2.75) is 33.1 Å². The number of aryl methyl sites for hydroxylation is 2. The number of nitrogens with one attached hydrogen (secondary N) is 2. The summed E-state index contributed by atoms with van der Waals surface area (Å²) in [5.74, 6) is 0.0526. The summed E-state index contributed by atoms with van der Waals surface area (Å²) in [6, 6.07) is 3.72. The van der Waals surface area contributed by atoms with Crippen molar-refractivity contribution in [2.75, 3.05) is 6.54 Å². The van der Waals surface area contributed by atoms with Crippen LogP contribution in [-0.2, 0) is 17.6 Å². The minimum atomic E-state index is 0.0526. The SMILES string of the molecule is Cc1n[nH]c(C)c1CCCNC(=O)Cc1ccncc1. The first kappa shape index (κ1) is 14.2. The van der Waals surface area contributed by atoms with Gasteiger partial charge in [0, 0.05) is 24.6 Å². The number of aromatic nitrogens is 3. The van der Waals surface area contributed by atoms with Crippen molar-refractivity contribution in [3.8, 4) is 0 Å². The Morgan fingerprint density at radius 2 is 2.05 bits per heavy atom. The predicted molar refractivity (Wildman–Crippen MR) is 77.3 cm³/mol. The molecule has 5 nitrogen and oxygen atoms in total. The molecule has 0 saturated carbocycles. The number of amides is 1. The molecule has 106 valence electrons. The highest BCUT2D eigenvalue weighted by atomic mass is 16.1. The third kappa shape index (κ3) is 3.91. The standard InChI is InChI=1S/C15H20N4O/c1-11-14(12(2)19-18-11)4-3-7-17-15(20)10-13-5-8-16-9-6-13/h5-6,8-9H,3-4,7,10H2,1-2H3,(H,17,20)(H,18,19). The monoisotopic (exact) mass is 272 g/mol. The summed E-state index contributed by atoms with van der Waals surface area (Å²) in [4.78, 5) is 15.7.